The van der Waals surface area contributed by atoms with E-state index in [9.17, 15) is 4.79 Å². The molecule has 1 unspecified atom stereocenters. The quantitative estimate of drug-likeness (QED) is 0.886. The monoisotopic (exact) mass is 264 g/mol. The number of para-hydroxylation sites is 1. The van der Waals surface area contributed by atoms with Gasteiger partial charge in [0.05, 0.1) is 12.3 Å². The smallest absolute Gasteiger partial charge is 0.248 e. The van der Waals surface area contributed by atoms with Crippen molar-refractivity contribution in [2.75, 3.05) is 34.9 Å². The number of anilines is 2. The van der Waals surface area contributed by atoms with Gasteiger partial charge in [0.15, 0.2) is 0 Å². The molecule has 1 saturated heterocycles. The maximum absolute atomic E-state index is 12.1. The molecule has 2 heterocycles. The van der Waals surface area contributed by atoms with Crippen molar-refractivity contribution in [2.24, 2.45) is 0 Å². The van der Waals surface area contributed by atoms with Gasteiger partial charge in [0.2, 0.25) is 5.91 Å². The van der Waals surface area contributed by atoms with Crippen molar-refractivity contribution < 1.29 is 9.53 Å². The SMILES string of the molecule is CCOc1cccc2c1NC(=O)C1CSCCN21. The molecule has 0 radical (unpaired) electrons. The number of amides is 1. The number of hydrogen-bond donors (Lipinski definition) is 1. The fourth-order valence-corrected chi connectivity index (χ4v) is 3.52. The summed E-state index contributed by atoms with van der Waals surface area (Å²) >= 11 is 1.84. The van der Waals surface area contributed by atoms with Crippen molar-refractivity contribution in [2.45, 2.75) is 13.0 Å². The summed E-state index contributed by atoms with van der Waals surface area (Å²) < 4.78 is 5.59. The van der Waals surface area contributed by atoms with Crippen LogP contribution in [-0.4, -0.2) is 36.6 Å². The minimum atomic E-state index is -0.0341. The zero-order valence-corrected chi connectivity index (χ0v) is 11.1. The fraction of sp³-hybridized carbons (Fsp3) is 0.462. The lowest BCUT2D eigenvalue weighted by Crippen LogP contribution is -2.52. The molecule has 1 N–H and O–H groups in total. The van der Waals surface area contributed by atoms with Crippen molar-refractivity contribution in [3.05, 3.63) is 18.2 Å². The van der Waals surface area contributed by atoms with Crippen molar-refractivity contribution >= 4 is 29.0 Å². The van der Waals surface area contributed by atoms with E-state index in [1.165, 1.54) is 0 Å². The highest BCUT2D eigenvalue weighted by molar-refractivity contribution is 7.99. The summed E-state index contributed by atoms with van der Waals surface area (Å²) in [5.74, 6) is 2.79. The number of ether oxygens (including phenoxy) is 1. The van der Waals surface area contributed by atoms with Gasteiger partial charge in [0, 0.05) is 18.1 Å². The molecule has 1 aromatic carbocycles. The van der Waals surface area contributed by atoms with Crippen LogP contribution in [-0.2, 0) is 4.79 Å². The Kier molecular flexibility index (Phi) is 3.07. The largest absolute Gasteiger partial charge is 0.492 e. The number of rotatable bonds is 2. The maximum Gasteiger partial charge on any atom is 0.248 e. The van der Waals surface area contributed by atoms with Crippen molar-refractivity contribution in [3.63, 3.8) is 0 Å². The third-order valence-corrected chi connectivity index (χ3v) is 4.32. The number of benzene rings is 1. The van der Waals surface area contributed by atoms with Crippen LogP contribution in [0, 0.1) is 0 Å². The number of fused-ring (bicyclic) bond motifs is 3. The molecular formula is C13H16N2O2S. The van der Waals surface area contributed by atoms with Crippen molar-refractivity contribution in [1.29, 1.82) is 0 Å². The molecular weight excluding hydrogens is 248 g/mol. The molecule has 96 valence electrons. The number of nitrogens with one attached hydrogen (secondary N) is 1. The van der Waals surface area contributed by atoms with Gasteiger partial charge in [-0.1, -0.05) is 6.07 Å². The second kappa shape index (κ2) is 4.72. The lowest BCUT2D eigenvalue weighted by atomic mass is 10.1. The average molecular weight is 264 g/mol. The molecule has 5 heteroatoms. The van der Waals surface area contributed by atoms with Crippen LogP contribution in [0.2, 0.25) is 0 Å². The second-order valence-corrected chi connectivity index (χ2v) is 5.51. The second-order valence-electron chi connectivity index (χ2n) is 4.36. The van der Waals surface area contributed by atoms with Crippen LogP contribution in [0.4, 0.5) is 11.4 Å². The number of thioether (sulfide) groups is 1. The Balaban J connectivity index is 2.03. The summed E-state index contributed by atoms with van der Waals surface area (Å²) in [6.07, 6.45) is 0. The molecule has 18 heavy (non-hydrogen) atoms. The highest BCUT2D eigenvalue weighted by atomic mass is 32.2. The standard InChI is InChI=1S/C13H16N2O2S/c1-2-17-11-5-3-4-9-12(11)14-13(16)10-8-18-7-6-15(9)10/h3-5,10H,2,6-8H2,1H3,(H,14,16). The van der Waals surface area contributed by atoms with E-state index in [1.54, 1.807) is 0 Å². The van der Waals surface area contributed by atoms with Gasteiger partial charge in [-0.15, -0.1) is 0 Å². The molecule has 0 aliphatic carbocycles. The number of carbonyl (C=O) groups is 1. The molecule has 2 aliphatic rings. The van der Waals surface area contributed by atoms with E-state index in [0.29, 0.717) is 6.61 Å². The summed E-state index contributed by atoms with van der Waals surface area (Å²) in [6, 6.07) is 5.91. The van der Waals surface area contributed by atoms with Gasteiger partial charge in [0.25, 0.3) is 0 Å². The first-order valence-corrected chi connectivity index (χ1v) is 7.38. The van der Waals surface area contributed by atoms with E-state index in [4.69, 9.17) is 4.74 Å². The molecule has 0 aromatic heterocycles. The predicted molar refractivity (Wildman–Crippen MR) is 74.7 cm³/mol. The summed E-state index contributed by atoms with van der Waals surface area (Å²) in [7, 11) is 0. The van der Waals surface area contributed by atoms with Crippen molar-refractivity contribution in [1.82, 2.24) is 0 Å². The fourth-order valence-electron chi connectivity index (χ4n) is 2.48. The summed E-state index contributed by atoms with van der Waals surface area (Å²) in [4.78, 5) is 14.3. The average Bonchev–Trinajstić information content (AvgIpc) is 2.41. The Labute approximate surface area is 111 Å². The van der Waals surface area contributed by atoms with E-state index >= 15 is 0 Å². The van der Waals surface area contributed by atoms with Gasteiger partial charge in [-0.25, -0.2) is 0 Å². The normalized spacial score (nSPS) is 21.9. The first-order chi connectivity index (χ1) is 8.81. The lowest BCUT2D eigenvalue weighted by molar-refractivity contribution is -0.117. The number of carbonyl (C=O) groups excluding carboxylic acids is 1. The molecule has 3 rings (SSSR count). The molecule has 4 nitrogen and oxygen atoms in total. The van der Waals surface area contributed by atoms with Crippen LogP contribution in [0.15, 0.2) is 18.2 Å². The van der Waals surface area contributed by atoms with Crippen LogP contribution < -0.4 is 15.0 Å². The molecule has 1 aromatic rings. The van der Waals surface area contributed by atoms with Gasteiger partial charge >= 0.3 is 0 Å². The Morgan fingerprint density at radius 1 is 1.56 bits per heavy atom. The first-order valence-electron chi connectivity index (χ1n) is 6.22. The Morgan fingerprint density at radius 2 is 2.44 bits per heavy atom. The van der Waals surface area contributed by atoms with Gasteiger partial charge in [-0.2, -0.15) is 11.8 Å². The molecule has 2 aliphatic heterocycles. The van der Waals surface area contributed by atoms with Crippen LogP contribution in [0.1, 0.15) is 6.92 Å². The minimum absolute atomic E-state index is 0.0341. The van der Waals surface area contributed by atoms with E-state index in [-0.39, 0.29) is 11.9 Å². The summed E-state index contributed by atoms with van der Waals surface area (Å²) in [5, 5.41) is 2.99. The highest BCUT2D eigenvalue weighted by Gasteiger charge is 2.36. The molecule has 0 saturated carbocycles. The molecule has 0 bridgehead atoms. The molecule has 1 amide bonds. The third-order valence-electron chi connectivity index (χ3n) is 3.29. The highest BCUT2D eigenvalue weighted by Crippen LogP contribution is 2.40. The summed E-state index contributed by atoms with van der Waals surface area (Å²) in [5.41, 5.74) is 1.92. The van der Waals surface area contributed by atoms with Crippen LogP contribution in [0.3, 0.4) is 0 Å². The molecule has 0 spiro atoms. The third kappa shape index (κ3) is 1.82. The van der Waals surface area contributed by atoms with Gasteiger partial charge in [-0.3, -0.25) is 4.79 Å². The zero-order valence-electron chi connectivity index (χ0n) is 10.3. The van der Waals surface area contributed by atoms with Crippen LogP contribution >= 0.6 is 11.8 Å². The van der Waals surface area contributed by atoms with Gasteiger partial charge in [-0.05, 0) is 19.1 Å². The molecule has 1 fully saturated rings. The van der Waals surface area contributed by atoms with Crippen LogP contribution in [0.5, 0.6) is 5.75 Å². The van der Waals surface area contributed by atoms with Gasteiger partial charge < -0.3 is 15.0 Å². The minimum Gasteiger partial charge on any atom is -0.492 e. The molecule has 1 atom stereocenters. The van der Waals surface area contributed by atoms with E-state index in [1.807, 2.05) is 30.8 Å². The van der Waals surface area contributed by atoms with Crippen LogP contribution in [0.25, 0.3) is 0 Å². The maximum atomic E-state index is 12.1. The topological polar surface area (TPSA) is 41.6 Å². The first kappa shape index (κ1) is 11.7. The predicted octanol–water partition coefficient (Wildman–Crippen LogP) is 1.96. The van der Waals surface area contributed by atoms with E-state index in [0.717, 1.165) is 35.2 Å². The van der Waals surface area contributed by atoms with Gasteiger partial charge in [0.1, 0.15) is 17.5 Å². The van der Waals surface area contributed by atoms with E-state index in [2.05, 4.69) is 16.3 Å². The van der Waals surface area contributed by atoms with Crippen molar-refractivity contribution in [3.8, 4) is 5.75 Å². The Morgan fingerprint density at radius 3 is 3.28 bits per heavy atom. The zero-order chi connectivity index (χ0) is 12.5. The Hall–Kier alpha value is -1.36. The lowest BCUT2D eigenvalue weighted by Gasteiger charge is -2.41. The van der Waals surface area contributed by atoms with E-state index < -0.39 is 0 Å². The summed E-state index contributed by atoms with van der Waals surface area (Å²) in [6.45, 7) is 3.47. The number of nitrogens with zero attached hydrogens (tertiary/aromatic N) is 1. The number of hydrogen-bond acceptors (Lipinski definition) is 4. The Bertz CT molecular complexity index is 478.